The molecule has 0 spiro atoms. The monoisotopic (exact) mass is 151 g/mol. The highest BCUT2D eigenvalue weighted by atomic mass is 14.4. The van der Waals surface area contributed by atoms with E-state index in [0.29, 0.717) is 0 Å². The molecule has 1 unspecified atom stereocenters. The molecule has 0 bridgehead atoms. The Morgan fingerprint density at radius 2 is 1.91 bits per heavy atom. The maximum Gasteiger partial charge on any atom is -0.0182 e. The van der Waals surface area contributed by atoms with Crippen molar-refractivity contribution in [3.8, 4) is 0 Å². The van der Waals surface area contributed by atoms with Crippen LogP contribution in [0.5, 0.6) is 0 Å². The van der Waals surface area contributed by atoms with Crippen molar-refractivity contribution in [2.24, 2.45) is 17.8 Å². The van der Waals surface area contributed by atoms with Crippen LogP contribution in [0.1, 0.15) is 46.0 Å². The SMILES string of the molecule is CC[C](C1CC1)C(C)C1CC1. The summed E-state index contributed by atoms with van der Waals surface area (Å²) in [5.41, 5.74) is 0. The Morgan fingerprint density at radius 1 is 1.27 bits per heavy atom. The first-order valence-corrected chi connectivity index (χ1v) is 5.18. The summed E-state index contributed by atoms with van der Waals surface area (Å²) in [6.45, 7) is 4.79. The Kier molecular flexibility index (Phi) is 1.95. The van der Waals surface area contributed by atoms with E-state index in [2.05, 4.69) is 13.8 Å². The van der Waals surface area contributed by atoms with Gasteiger partial charge in [0.15, 0.2) is 0 Å². The van der Waals surface area contributed by atoms with Gasteiger partial charge in [0, 0.05) is 0 Å². The van der Waals surface area contributed by atoms with Crippen LogP contribution in [0.25, 0.3) is 0 Å². The first-order valence-electron chi connectivity index (χ1n) is 5.18. The summed E-state index contributed by atoms with van der Waals surface area (Å²) in [6, 6.07) is 0. The van der Waals surface area contributed by atoms with E-state index in [-0.39, 0.29) is 0 Å². The van der Waals surface area contributed by atoms with Gasteiger partial charge in [0.05, 0.1) is 0 Å². The topological polar surface area (TPSA) is 0 Å². The Bertz CT molecular complexity index is 131. The molecule has 0 aromatic rings. The van der Waals surface area contributed by atoms with E-state index in [9.17, 15) is 0 Å². The van der Waals surface area contributed by atoms with Gasteiger partial charge < -0.3 is 0 Å². The maximum atomic E-state index is 2.45. The minimum absolute atomic E-state index is 0.965. The van der Waals surface area contributed by atoms with Crippen LogP contribution < -0.4 is 0 Å². The zero-order valence-electron chi connectivity index (χ0n) is 7.77. The molecule has 0 aromatic carbocycles. The molecule has 0 heterocycles. The van der Waals surface area contributed by atoms with E-state index in [1.54, 1.807) is 0 Å². The number of hydrogen-bond acceptors (Lipinski definition) is 0. The van der Waals surface area contributed by atoms with Crippen LogP contribution in [-0.4, -0.2) is 0 Å². The summed E-state index contributed by atoms with van der Waals surface area (Å²) in [7, 11) is 0. The first kappa shape index (κ1) is 7.64. The lowest BCUT2D eigenvalue weighted by Gasteiger charge is -2.21. The molecule has 2 fully saturated rings. The summed E-state index contributed by atoms with van der Waals surface area (Å²) in [4.78, 5) is 0. The maximum absolute atomic E-state index is 2.45. The van der Waals surface area contributed by atoms with Crippen LogP contribution in [0.4, 0.5) is 0 Å². The van der Waals surface area contributed by atoms with Crippen LogP contribution >= 0.6 is 0 Å². The van der Waals surface area contributed by atoms with Gasteiger partial charge in [0.1, 0.15) is 0 Å². The van der Waals surface area contributed by atoms with Crippen molar-refractivity contribution in [2.75, 3.05) is 0 Å². The van der Waals surface area contributed by atoms with Crippen molar-refractivity contribution < 1.29 is 0 Å². The molecule has 2 rings (SSSR count). The summed E-state index contributed by atoms with van der Waals surface area (Å²) < 4.78 is 0. The highest BCUT2D eigenvalue weighted by Crippen LogP contribution is 2.50. The summed E-state index contributed by atoms with van der Waals surface area (Å²) in [6.07, 6.45) is 7.37. The molecule has 2 aliphatic carbocycles. The summed E-state index contributed by atoms with van der Waals surface area (Å²) in [5.74, 6) is 5.00. The van der Waals surface area contributed by atoms with Crippen molar-refractivity contribution in [3.05, 3.63) is 5.92 Å². The molecule has 0 saturated heterocycles. The van der Waals surface area contributed by atoms with Gasteiger partial charge in [0.2, 0.25) is 0 Å². The minimum Gasteiger partial charge on any atom is -0.0648 e. The molecular weight excluding hydrogens is 132 g/mol. The standard InChI is InChI=1S/C11H19/c1-3-11(10-6-7-10)8(2)9-4-5-9/h8-10H,3-7H2,1-2H3. The molecule has 0 N–H and O–H groups in total. The predicted molar refractivity (Wildman–Crippen MR) is 48.1 cm³/mol. The third-order valence-corrected chi connectivity index (χ3v) is 3.42. The second-order valence-electron chi connectivity index (χ2n) is 4.33. The van der Waals surface area contributed by atoms with Gasteiger partial charge in [-0.2, -0.15) is 0 Å². The number of hydrogen-bond donors (Lipinski definition) is 0. The second-order valence-corrected chi connectivity index (χ2v) is 4.33. The van der Waals surface area contributed by atoms with Gasteiger partial charge in [-0.15, -0.1) is 0 Å². The van der Waals surface area contributed by atoms with E-state index in [0.717, 1.165) is 17.8 Å². The molecule has 1 atom stereocenters. The molecular formula is C11H19. The Balaban J connectivity index is 1.86. The second kappa shape index (κ2) is 2.80. The molecule has 2 saturated carbocycles. The predicted octanol–water partition coefficient (Wildman–Crippen LogP) is 3.43. The lowest BCUT2D eigenvalue weighted by molar-refractivity contribution is 0.461. The van der Waals surface area contributed by atoms with Crippen molar-refractivity contribution in [2.45, 2.75) is 46.0 Å². The van der Waals surface area contributed by atoms with Gasteiger partial charge in [-0.25, -0.2) is 0 Å². The van der Waals surface area contributed by atoms with Crippen molar-refractivity contribution >= 4 is 0 Å². The highest BCUT2D eigenvalue weighted by molar-refractivity contribution is 5.08. The van der Waals surface area contributed by atoms with Crippen LogP contribution in [0, 0.1) is 23.7 Å². The Hall–Kier alpha value is 0. The lowest BCUT2D eigenvalue weighted by Crippen LogP contribution is -2.12. The molecule has 0 amide bonds. The van der Waals surface area contributed by atoms with Gasteiger partial charge in [-0.05, 0) is 55.8 Å². The fourth-order valence-corrected chi connectivity index (χ4v) is 2.34. The zero-order chi connectivity index (χ0) is 7.84. The third-order valence-electron chi connectivity index (χ3n) is 3.42. The summed E-state index contributed by atoms with van der Waals surface area (Å²) >= 11 is 0. The van der Waals surface area contributed by atoms with Gasteiger partial charge in [0.25, 0.3) is 0 Å². The highest BCUT2D eigenvalue weighted by Gasteiger charge is 2.40. The number of rotatable bonds is 4. The average molecular weight is 151 g/mol. The van der Waals surface area contributed by atoms with E-state index >= 15 is 0 Å². The smallest absolute Gasteiger partial charge is 0.0182 e. The van der Waals surface area contributed by atoms with Crippen molar-refractivity contribution in [3.63, 3.8) is 0 Å². The quantitative estimate of drug-likeness (QED) is 0.577. The molecule has 1 radical (unpaired) electrons. The van der Waals surface area contributed by atoms with Gasteiger partial charge >= 0.3 is 0 Å². The summed E-state index contributed by atoms with van der Waals surface area (Å²) in [5, 5.41) is 0. The normalized spacial score (nSPS) is 27.5. The van der Waals surface area contributed by atoms with Crippen molar-refractivity contribution in [1.82, 2.24) is 0 Å². The molecule has 63 valence electrons. The largest absolute Gasteiger partial charge is 0.0648 e. The Morgan fingerprint density at radius 3 is 2.27 bits per heavy atom. The van der Waals surface area contributed by atoms with Gasteiger partial charge in [-0.1, -0.05) is 13.8 Å². The third kappa shape index (κ3) is 1.60. The Labute approximate surface area is 70.4 Å². The van der Waals surface area contributed by atoms with Gasteiger partial charge in [-0.3, -0.25) is 0 Å². The van der Waals surface area contributed by atoms with E-state index in [4.69, 9.17) is 0 Å². The van der Waals surface area contributed by atoms with E-state index in [1.165, 1.54) is 32.1 Å². The molecule has 0 nitrogen and oxygen atoms in total. The molecule has 0 aromatic heterocycles. The zero-order valence-corrected chi connectivity index (χ0v) is 7.77. The van der Waals surface area contributed by atoms with Crippen molar-refractivity contribution in [1.29, 1.82) is 0 Å². The molecule has 11 heavy (non-hydrogen) atoms. The van der Waals surface area contributed by atoms with Crippen LogP contribution in [0.2, 0.25) is 0 Å². The molecule has 0 aliphatic heterocycles. The van der Waals surface area contributed by atoms with Crippen LogP contribution in [0.3, 0.4) is 0 Å². The van der Waals surface area contributed by atoms with E-state index < -0.39 is 0 Å². The first-order chi connectivity index (χ1) is 5.33. The van der Waals surface area contributed by atoms with E-state index in [1.807, 2.05) is 5.92 Å². The molecule has 2 aliphatic rings. The van der Waals surface area contributed by atoms with Crippen LogP contribution in [-0.2, 0) is 0 Å². The molecule has 0 heteroatoms. The average Bonchev–Trinajstić information content (AvgIpc) is 2.86. The van der Waals surface area contributed by atoms with Crippen LogP contribution in [0.15, 0.2) is 0 Å². The minimum atomic E-state index is 0.965. The fourth-order valence-electron chi connectivity index (χ4n) is 2.34. The fraction of sp³-hybridized carbons (Fsp3) is 0.909. The lowest BCUT2D eigenvalue weighted by atomic mass is 9.84.